The van der Waals surface area contributed by atoms with E-state index in [2.05, 4.69) is 10.6 Å². The van der Waals surface area contributed by atoms with Crippen molar-refractivity contribution in [3.8, 4) is 5.75 Å². The first-order valence-corrected chi connectivity index (χ1v) is 7.73. The fraction of sp³-hybridized carbons (Fsp3) is 0.529. The Kier molecular flexibility index (Phi) is 7.03. The number of likely N-dealkylation sites (N-methyl/N-ethyl adjacent to an activating group) is 1. The summed E-state index contributed by atoms with van der Waals surface area (Å²) < 4.78 is 10.8. The minimum absolute atomic E-state index is 0.137. The second-order valence-electron chi connectivity index (χ2n) is 6.42. The molecule has 2 amide bonds. The van der Waals surface area contributed by atoms with Crippen molar-refractivity contribution in [3.63, 3.8) is 0 Å². The first-order chi connectivity index (χ1) is 11.1. The average Bonchev–Trinajstić information content (AvgIpc) is 2.48. The maximum atomic E-state index is 12.0. The van der Waals surface area contributed by atoms with E-state index in [1.54, 1.807) is 52.0 Å². The standard InChI is InChI=1S/C17H26N2O5/c1-11(23-10-12-7-6-8-13(20)9-12)14(15(21)18-5)19-16(22)24-17(2,3)4/h6-9,11,14,20H,10H2,1-5H3,(H,18,21)(H,19,22)/t11-,14+/m1/s1. The molecular weight excluding hydrogens is 312 g/mol. The van der Waals surface area contributed by atoms with Gasteiger partial charge >= 0.3 is 6.09 Å². The SMILES string of the molecule is CNC(=O)[C@@H](NC(=O)OC(C)(C)C)[C@@H](C)OCc1cccc(O)c1. The van der Waals surface area contributed by atoms with Crippen LogP contribution in [0.5, 0.6) is 5.75 Å². The van der Waals surface area contributed by atoms with E-state index in [0.717, 1.165) is 5.56 Å². The Morgan fingerprint density at radius 3 is 2.50 bits per heavy atom. The quantitative estimate of drug-likeness (QED) is 0.736. The Balaban J connectivity index is 2.69. The number of alkyl carbamates (subject to hydrolysis) is 1. The molecule has 1 aromatic rings. The minimum Gasteiger partial charge on any atom is -0.508 e. The molecule has 7 heteroatoms. The number of hydrogen-bond acceptors (Lipinski definition) is 5. The molecule has 0 saturated carbocycles. The van der Waals surface area contributed by atoms with Crippen LogP contribution < -0.4 is 10.6 Å². The number of aromatic hydroxyl groups is 1. The van der Waals surface area contributed by atoms with E-state index in [9.17, 15) is 14.7 Å². The molecule has 0 aliphatic heterocycles. The highest BCUT2D eigenvalue weighted by atomic mass is 16.6. The van der Waals surface area contributed by atoms with Crippen LogP contribution in [0.1, 0.15) is 33.3 Å². The van der Waals surface area contributed by atoms with Crippen LogP contribution in [0.15, 0.2) is 24.3 Å². The number of benzene rings is 1. The molecule has 0 heterocycles. The monoisotopic (exact) mass is 338 g/mol. The predicted octanol–water partition coefficient (Wildman–Crippen LogP) is 1.94. The van der Waals surface area contributed by atoms with Crippen LogP contribution in [0, 0.1) is 0 Å². The molecule has 0 aliphatic rings. The normalized spacial score (nSPS) is 13.7. The Morgan fingerprint density at radius 2 is 1.96 bits per heavy atom. The first-order valence-electron chi connectivity index (χ1n) is 7.73. The second kappa shape index (κ2) is 8.54. The van der Waals surface area contributed by atoms with Crippen LogP contribution in [-0.4, -0.2) is 41.9 Å². The summed E-state index contributed by atoms with van der Waals surface area (Å²) in [6, 6.07) is 5.73. The van der Waals surface area contributed by atoms with E-state index in [1.807, 2.05) is 0 Å². The van der Waals surface area contributed by atoms with Crippen LogP contribution in [0.4, 0.5) is 4.79 Å². The van der Waals surface area contributed by atoms with E-state index >= 15 is 0 Å². The van der Waals surface area contributed by atoms with Gasteiger partial charge in [0.15, 0.2) is 0 Å². The van der Waals surface area contributed by atoms with Crippen LogP contribution in [-0.2, 0) is 20.9 Å². The lowest BCUT2D eigenvalue weighted by molar-refractivity contribution is -0.126. The summed E-state index contributed by atoms with van der Waals surface area (Å²) in [6.07, 6.45) is -1.29. The number of nitrogens with one attached hydrogen (secondary N) is 2. The van der Waals surface area contributed by atoms with E-state index in [4.69, 9.17) is 9.47 Å². The topological polar surface area (TPSA) is 96.9 Å². The van der Waals surface area contributed by atoms with Crippen molar-refractivity contribution in [1.29, 1.82) is 0 Å². The van der Waals surface area contributed by atoms with Crippen LogP contribution in [0.2, 0.25) is 0 Å². The Morgan fingerprint density at radius 1 is 1.29 bits per heavy atom. The van der Waals surface area contributed by atoms with Crippen LogP contribution >= 0.6 is 0 Å². The summed E-state index contributed by atoms with van der Waals surface area (Å²) in [6.45, 7) is 7.09. The highest BCUT2D eigenvalue weighted by molar-refractivity contribution is 5.86. The number of ether oxygens (including phenoxy) is 2. The third-order valence-electron chi connectivity index (χ3n) is 3.09. The third-order valence-corrected chi connectivity index (χ3v) is 3.09. The molecule has 1 rings (SSSR count). The number of amides is 2. The zero-order chi connectivity index (χ0) is 18.3. The van der Waals surface area contributed by atoms with E-state index < -0.39 is 23.8 Å². The lowest BCUT2D eigenvalue weighted by Crippen LogP contribution is -2.53. The van der Waals surface area contributed by atoms with Crippen molar-refractivity contribution in [1.82, 2.24) is 10.6 Å². The van der Waals surface area contributed by atoms with Gasteiger partial charge in [-0.1, -0.05) is 12.1 Å². The van der Waals surface area contributed by atoms with Crippen molar-refractivity contribution in [2.75, 3.05) is 7.05 Å². The van der Waals surface area contributed by atoms with Gasteiger partial charge in [0, 0.05) is 7.05 Å². The zero-order valence-electron chi connectivity index (χ0n) is 14.8. The van der Waals surface area contributed by atoms with Gasteiger partial charge in [-0.15, -0.1) is 0 Å². The van der Waals surface area contributed by atoms with Gasteiger partial charge in [0.2, 0.25) is 5.91 Å². The highest BCUT2D eigenvalue weighted by Crippen LogP contribution is 2.14. The number of hydrogen-bond donors (Lipinski definition) is 3. The van der Waals surface area contributed by atoms with Crippen LogP contribution in [0.25, 0.3) is 0 Å². The fourth-order valence-corrected chi connectivity index (χ4v) is 1.96. The third kappa shape index (κ3) is 6.87. The van der Waals surface area contributed by atoms with Gasteiger partial charge in [-0.25, -0.2) is 4.79 Å². The smallest absolute Gasteiger partial charge is 0.408 e. The largest absolute Gasteiger partial charge is 0.508 e. The Labute approximate surface area is 142 Å². The molecule has 134 valence electrons. The molecule has 0 radical (unpaired) electrons. The van der Waals surface area contributed by atoms with Gasteiger partial charge < -0.3 is 25.2 Å². The van der Waals surface area contributed by atoms with Crippen molar-refractivity contribution < 1.29 is 24.2 Å². The minimum atomic E-state index is -0.901. The summed E-state index contributed by atoms with van der Waals surface area (Å²) in [4.78, 5) is 23.9. The molecule has 0 aromatic heterocycles. The predicted molar refractivity (Wildman–Crippen MR) is 89.6 cm³/mol. The first kappa shape index (κ1) is 19.8. The number of carbonyl (C=O) groups excluding carboxylic acids is 2. The molecule has 0 unspecified atom stereocenters. The molecule has 24 heavy (non-hydrogen) atoms. The maximum absolute atomic E-state index is 12.0. The highest BCUT2D eigenvalue weighted by Gasteiger charge is 2.29. The van der Waals surface area contributed by atoms with Crippen molar-refractivity contribution >= 4 is 12.0 Å². The number of carbonyl (C=O) groups is 2. The van der Waals surface area contributed by atoms with Crippen molar-refractivity contribution in [2.45, 2.75) is 52.0 Å². The molecule has 0 fully saturated rings. The fourth-order valence-electron chi connectivity index (χ4n) is 1.96. The molecule has 3 N–H and O–H groups in total. The van der Waals surface area contributed by atoms with Crippen molar-refractivity contribution in [2.24, 2.45) is 0 Å². The molecule has 0 aliphatic carbocycles. The zero-order valence-corrected chi connectivity index (χ0v) is 14.8. The summed E-state index contributed by atoms with van der Waals surface area (Å²) in [5, 5.41) is 14.5. The van der Waals surface area contributed by atoms with Gasteiger partial charge in [0.05, 0.1) is 12.7 Å². The summed E-state index contributed by atoms with van der Waals surface area (Å²) in [5.74, 6) is -0.247. The lowest BCUT2D eigenvalue weighted by atomic mass is 10.1. The molecule has 1 aromatic carbocycles. The number of phenolic OH excluding ortho intramolecular Hbond substituents is 1. The van der Waals surface area contributed by atoms with Gasteiger partial charge in [-0.3, -0.25) is 4.79 Å². The molecule has 2 atom stereocenters. The van der Waals surface area contributed by atoms with Crippen molar-refractivity contribution in [3.05, 3.63) is 29.8 Å². The van der Waals surface area contributed by atoms with Gasteiger partial charge in [-0.2, -0.15) is 0 Å². The summed E-state index contributed by atoms with van der Waals surface area (Å²) in [5.41, 5.74) is 0.0953. The molecule has 7 nitrogen and oxygen atoms in total. The molecule has 0 bridgehead atoms. The van der Waals surface area contributed by atoms with Gasteiger partial charge in [0.25, 0.3) is 0 Å². The van der Waals surface area contributed by atoms with E-state index in [1.165, 1.54) is 7.05 Å². The van der Waals surface area contributed by atoms with E-state index in [0.29, 0.717) is 0 Å². The average molecular weight is 338 g/mol. The molecule has 0 spiro atoms. The Hall–Kier alpha value is -2.28. The molecular formula is C17H26N2O5. The van der Waals surface area contributed by atoms with E-state index in [-0.39, 0.29) is 18.3 Å². The maximum Gasteiger partial charge on any atom is 0.408 e. The second-order valence-corrected chi connectivity index (χ2v) is 6.42. The molecule has 0 saturated heterocycles. The number of rotatable bonds is 6. The summed E-state index contributed by atoms with van der Waals surface area (Å²) in [7, 11) is 1.48. The van der Waals surface area contributed by atoms with Crippen LogP contribution in [0.3, 0.4) is 0 Å². The van der Waals surface area contributed by atoms with Gasteiger partial charge in [0.1, 0.15) is 17.4 Å². The van der Waals surface area contributed by atoms with Gasteiger partial charge in [-0.05, 0) is 45.4 Å². The summed E-state index contributed by atoms with van der Waals surface area (Å²) >= 11 is 0. The number of phenols is 1. The lowest BCUT2D eigenvalue weighted by Gasteiger charge is -2.26. The Bertz CT molecular complexity index is 568.